The lowest BCUT2D eigenvalue weighted by Gasteiger charge is -2.31. The summed E-state index contributed by atoms with van der Waals surface area (Å²) in [7, 11) is 1.78. The van der Waals surface area contributed by atoms with Gasteiger partial charge >= 0.3 is 12.0 Å². The maximum atomic E-state index is 12.4. The van der Waals surface area contributed by atoms with Crippen LogP contribution in [0.5, 0.6) is 0 Å². The summed E-state index contributed by atoms with van der Waals surface area (Å²) in [5, 5.41) is 9.16. The van der Waals surface area contributed by atoms with Gasteiger partial charge in [-0.1, -0.05) is 6.92 Å². The Morgan fingerprint density at radius 1 is 1.25 bits per heavy atom. The zero-order chi connectivity index (χ0) is 14.7. The molecule has 20 heavy (non-hydrogen) atoms. The Hall–Kier alpha value is -1.30. The van der Waals surface area contributed by atoms with Gasteiger partial charge in [0.05, 0.1) is 0 Å². The van der Waals surface area contributed by atoms with Gasteiger partial charge in [-0.2, -0.15) is 0 Å². The van der Waals surface area contributed by atoms with Gasteiger partial charge < -0.3 is 14.9 Å². The van der Waals surface area contributed by atoms with Crippen LogP contribution in [-0.4, -0.2) is 77.1 Å². The van der Waals surface area contributed by atoms with Crippen molar-refractivity contribution >= 4 is 12.0 Å². The van der Waals surface area contributed by atoms with Gasteiger partial charge in [0, 0.05) is 26.2 Å². The fourth-order valence-electron chi connectivity index (χ4n) is 3.38. The molecule has 0 bridgehead atoms. The third kappa shape index (κ3) is 3.06. The lowest BCUT2D eigenvalue weighted by Crippen LogP contribution is -2.49. The van der Waals surface area contributed by atoms with E-state index in [0.29, 0.717) is 25.6 Å². The molecule has 2 heterocycles. The number of hydrogen-bond donors (Lipinski definition) is 1. The number of carboxylic acids is 1. The number of hydrogen-bond acceptors (Lipinski definition) is 3. The normalized spacial score (nSPS) is 27.0. The molecule has 0 aromatic heterocycles. The average Bonchev–Trinajstić information content (AvgIpc) is 3.05. The summed E-state index contributed by atoms with van der Waals surface area (Å²) in [5.41, 5.74) is 0. The van der Waals surface area contributed by atoms with Crippen molar-refractivity contribution in [2.24, 2.45) is 0 Å². The van der Waals surface area contributed by atoms with Gasteiger partial charge in [0.1, 0.15) is 6.04 Å². The Morgan fingerprint density at radius 2 is 1.95 bits per heavy atom. The van der Waals surface area contributed by atoms with Crippen LogP contribution in [0.1, 0.15) is 32.6 Å². The molecule has 114 valence electrons. The number of carbonyl (C=O) groups excluding carboxylic acids is 1. The Labute approximate surface area is 120 Å². The van der Waals surface area contributed by atoms with Gasteiger partial charge in [0.2, 0.25) is 0 Å². The van der Waals surface area contributed by atoms with E-state index in [-0.39, 0.29) is 6.03 Å². The van der Waals surface area contributed by atoms with E-state index in [1.807, 2.05) is 0 Å². The van der Waals surface area contributed by atoms with Crippen LogP contribution in [0, 0.1) is 0 Å². The van der Waals surface area contributed by atoms with Gasteiger partial charge in [-0.25, -0.2) is 9.59 Å². The molecule has 6 heteroatoms. The lowest BCUT2D eigenvalue weighted by atomic mass is 10.2. The molecule has 2 atom stereocenters. The van der Waals surface area contributed by atoms with Crippen LogP contribution in [0.15, 0.2) is 0 Å². The van der Waals surface area contributed by atoms with Gasteiger partial charge in [0.15, 0.2) is 0 Å². The highest BCUT2D eigenvalue weighted by Crippen LogP contribution is 2.21. The van der Waals surface area contributed by atoms with Crippen LogP contribution in [-0.2, 0) is 4.79 Å². The molecule has 0 aliphatic carbocycles. The maximum absolute atomic E-state index is 12.4. The number of likely N-dealkylation sites (tertiary alicyclic amines) is 2. The molecule has 2 amide bonds. The number of likely N-dealkylation sites (N-methyl/N-ethyl adjacent to an activating group) is 2. The van der Waals surface area contributed by atoms with E-state index in [4.69, 9.17) is 5.11 Å². The third-order valence-corrected chi connectivity index (χ3v) is 4.50. The Balaban J connectivity index is 1.93. The smallest absolute Gasteiger partial charge is 0.326 e. The summed E-state index contributed by atoms with van der Waals surface area (Å²) in [6, 6.07) is -0.367. The van der Waals surface area contributed by atoms with Crippen LogP contribution in [0.3, 0.4) is 0 Å². The quantitative estimate of drug-likeness (QED) is 0.838. The molecule has 2 saturated heterocycles. The fraction of sp³-hybridized carbons (Fsp3) is 0.857. The van der Waals surface area contributed by atoms with E-state index in [0.717, 1.165) is 25.9 Å². The average molecular weight is 283 g/mol. The summed E-state index contributed by atoms with van der Waals surface area (Å²) in [4.78, 5) is 29.2. The number of nitrogens with zero attached hydrogens (tertiary/aromatic N) is 3. The lowest BCUT2D eigenvalue weighted by molar-refractivity contribution is -0.141. The first-order valence-electron chi connectivity index (χ1n) is 7.53. The van der Waals surface area contributed by atoms with Gasteiger partial charge in [-0.15, -0.1) is 0 Å². The Kier molecular flexibility index (Phi) is 4.86. The second-order valence-electron chi connectivity index (χ2n) is 5.78. The molecular formula is C14H25N3O3. The Bertz CT molecular complexity index is 375. The third-order valence-electron chi connectivity index (χ3n) is 4.50. The monoisotopic (exact) mass is 283 g/mol. The maximum Gasteiger partial charge on any atom is 0.326 e. The summed E-state index contributed by atoms with van der Waals surface area (Å²) in [6.07, 6.45) is 3.65. The van der Waals surface area contributed by atoms with Crippen molar-refractivity contribution in [2.75, 3.05) is 33.2 Å². The molecular weight excluding hydrogens is 258 g/mol. The minimum atomic E-state index is -0.889. The first kappa shape index (κ1) is 15.1. The van der Waals surface area contributed by atoms with Gasteiger partial charge in [-0.05, 0) is 38.8 Å². The van der Waals surface area contributed by atoms with E-state index >= 15 is 0 Å². The molecule has 2 rings (SSSR count). The molecule has 0 aromatic carbocycles. The predicted octanol–water partition coefficient (Wildman–Crippen LogP) is 1.07. The van der Waals surface area contributed by atoms with Crippen molar-refractivity contribution in [3.05, 3.63) is 0 Å². The van der Waals surface area contributed by atoms with E-state index in [1.165, 1.54) is 11.3 Å². The van der Waals surface area contributed by atoms with Gasteiger partial charge in [-0.3, -0.25) is 4.90 Å². The zero-order valence-electron chi connectivity index (χ0n) is 12.4. The Morgan fingerprint density at radius 3 is 2.60 bits per heavy atom. The van der Waals surface area contributed by atoms with Crippen LogP contribution < -0.4 is 0 Å². The largest absolute Gasteiger partial charge is 0.480 e. The fourth-order valence-corrected chi connectivity index (χ4v) is 3.38. The predicted molar refractivity (Wildman–Crippen MR) is 75.7 cm³/mol. The van der Waals surface area contributed by atoms with Crippen LogP contribution >= 0.6 is 0 Å². The van der Waals surface area contributed by atoms with Crippen molar-refractivity contribution in [1.82, 2.24) is 14.7 Å². The van der Waals surface area contributed by atoms with Crippen molar-refractivity contribution in [3.8, 4) is 0 Å². The molecule has 0 aromatic rings. The van der Waals surface area contributed by atoms with Crippen molar-refractivity contribution in [3.63, 3.8) is 0 Å². The van der Waals surface area contributed by atoms with Gasteiger partial charge in [0.25, 0.3) is 0 Å². The minimum absolute atomic E-state index is 0.141. The van der Waals surface area contributed by atoms with E-state index in [9.17, 15) is 9.59 Å². The number of urea groups is 1. The number of rotatable bonds is 4. The van der Waals surface area contributed by atoms with Crippen molar-refractivity contribution in [2.45, 2.75) is 44.7 Å². The van der Waals surface area contributed by atoms with E-state index in [2.05, 4.69) is 11.8 Å². The number of aliphatic carboxylic acids is 1. The zero-order valence-corrected chi connectivity index (χ0v) is 12.4. The molecule has 2 aliphatic rings. The molecule has 0 saturated carbocycles. The summed E-state index contributed by atoms with van der Waals surface area (Å²) < 4.78 is 0. The summed E-state index contributed by atoms with van der Waals surface area (Å²) >= 11 is 0. The molecule has 2 fully saturated rings. The highest BCUT2D eigenvalue weighted by atomic mass is 16.4. The van der Waals surface area contributed by atoms with Crippen LogP contribution in [0.4, 0.5) is 4.79 Å². The van der Waals surface area contributed by atoms with Crippen LogP contribution in [0.25, 0.3) is 0 Å². The summed E-state index contributed by atoms with van der Waals surface area (Å²) in [6.45, 7) is 5.50. The second-order valence-corrected chi connectivity index (χ2v) is 5.78. The molecule has 1 N–H and O–H groups in total. The highest BCUT2D eigenvalue weighted by Gasteiger charge is 2.36. The first-order chi connectivity index (χ1) is 9.54. The topological polar surface area (TPSA) is 64.1 Å². The number of carbonyl (C=O) groups is 2. The van der Waals surface area contributed by atoms with Crippen LogP contribution in [0.2, 0.25) is 0 Å². The molecule has 2 aliphatic heterocycles. The van der Waals surface area contributed by atoms with E-state index < -0.39 is 12.0 Å². The van der Waals surface area contributed by atoms with Crippen molar-refractivity contribution in [1.29, 1.82) is 0 Å². The van der Waals surface area contributed by atoms with E-state index in [1.54, 1.807) is 11.9 Å². The second kappa shape index (κ2) is 6.43. The van der Waals surface area contributed by atoms with Crippen molar-refractivity contribution < 1.29 is 14.7 Å². The molecule has 6 nitrogen and oxygen atoms in total. The SMILES string of the molecule is CCN1CCCC1CN(C)C(=O)N1CCCC1C(=O)O. The number of carboxylic acid groups (broad SMARTS) is 1. The first-order valence-corrected chi connectivity index (χ1v) is 7.53. The molecule has 0 radical (unpaired) electrons. The standard InChI is InChI=1S/C14H25N3O3/c1-3-16-8-4-6-11(16)10-15(2)14(20)17-9-5-7-12(17)13(18)19/h11-12H,3-10H2,1-2H3,(H,18,19). The highest BCUT2D eigenvalue weighted by molar-refractivity contribution is 5.83. The number of amides is 2. The summed E-state index contributed by atoms with van der Waals surface area (Å²) in [5.74, 6) is -0.889. The molecule has 0 spiro atoms. The minimum Gasteiger partial charge on any atom is -0.480 e. The molecule has 2 unspecified atom stereocenters.